The molecule has 0 spiro atoms. The molecule has 2 fully saturated rings. The third-order valence-electron chi connectivity index (χ3n) is 4.62. The Labute approximate surface area is 117 Å². The van der Waals surface area contributed by atoms with Gasteiger partial charge in [0.15, 0.2) is 0 Å². The van der Waals surface area contributed by atoms with Gasteiger partial charge in [-0.1, -0.05) is 45.0 Å². The topological polar surface area (TPSA) is 12.0 Å². The molecule has 0 amide bonds. The van der Waals surface area contributed by atoms with Gasteiger partial charge in [-0.3, -0.25) is 0 Å². The molecule has 0 bridgehead atoms. The summed E-state index contributed by atoms with van der Waals surface area (Å²) < 4.78 is 0. The SMILES string of the molecule is CC(C)(C)c1ccc(CNC(C2CC2)C2CC2)cc1. The molecular formula is C18H27N. The lowest BCUT2D eigenvalue weighted by Crippen LogP contribution is -2.32. The number of benzene rings is 1. The second-order valence-corrected chi connectivity index (χ2v) is 7.53. The van der Waals surface area contributed by atoms with Crippen LogP contribution in [-0.2, 0) is 12.0 Å². The molecule has 104 valence electrons. The van der Waals surface area contributed by atoms with Crippen LogP contribution in [0.3, 0.4) is 0 Å². The van der Waals surface area contributed by atoms with E-state index in [-0.39, 0.29) is 5.41 Å². The summed E-state index contributed by atoms with van der Waals surface area (Å²) >= 11 is 0. The van der Waals surface area contributed by atoms with E-state index < -0.39 is 0 Å². The highest BCUT2D eigenvalue weighted by molar-refractivity contribution is 5.27. The van der Waals surface area contributed by atoms with Crippen LogP contribution in [0, 0.1) is 11.8 Å². The highest BCUT2D eigenvalue weighted by Crippen LogP contribution is 2.44. The highest BCUT2D eigenvalue weighted by Gasteiger charge is 2.40. The molecule has 0 unspecified atom stereocenters. The van der Waals surface area contributed by atoms with Crippen molar-refractivity contribution in [1.29, 1.82) is 0 Å². The maximum atomic E-state index is 3.82. The summed E-state index contributed by atoms with van der Waals surface area (Å²) in [5, 5.41) is 3.82. The predicted octanol–water partition coefficient (Wildman–Crippen LogP) is 4.26. The lowest BCUT2D eigenvalue weighted by Gasteiger charge is -2.20. The van der Waals surface area contributed by atoms with Crippen LogP contribution in [-0.4, -0.2) is 6.04 Å². The summed E-state index contributed by atoms with van der Waals surface area (Å²) in [5.74, 6) is 1.97. The van der Waals surface area contributed by atoms with Crippen LogP contribution in [0.25, 0.3) is 0 Å². The van der Waals surface area contributed by atoms with Gasteiger partial charge in [0.1, 0.15) is 0 Å². The number of hydrogen-bond donors (Lipinski definition) is 1. The predicted molar refractivity (Wildman–Crippen MR) is 81.2 cm³/mol. The maximum absolute atomic E-state index is 3.82. The van der Waals surface area contributed by atoms with Crippen molar-refractivity contribution in [1.82, 2.24) is 5.32 Å². The fourth-order valence-corrected chi connectivity index (χ4v) is 2.99. The Kier molecular flexibility index (Phi) is 3.42. The van der Waals surface area contributed by atoms with E-state index in [1.807, 2.05) is 0 Å². The van der Waals surface area contributed by atoms with Gasteiger partial charge in [0.25, 0.3) is 0 Å². The molecule has 1 heteroatoms. The normalized spacial score (nSPS) is 20.0. The van der Waals surface area contributed by atoms with Gasteiger partial charge in [-0.05, 0) is 54.1 Å². The molecule has 1 nitrogen and oxygen atoms in total. The standard InChI is InChI=1S/C18H27N/c1-18(2,3)16-10-4-13(5-11-16)12-19-17(14-6-7-14)15-8-9-15/h4-5,10-11,14-15,17,19H,6-9,12H2,1-3H3. The van der Waals surface area contributed by atoms with Crippen molar-refractivity contribution in [2.75, 3.05) is 0 Å². The molecule has 3 rings (SSSR count). The first kappa shape index (κ1) is 13.2. The zero-order chi connectivity index (χ0) is 13.5. The van der Waals surface area contributed by atoms with Gasteiger partial charge in [-0.15, -0.1) is 0 Å². The van der Waals surface area contributed by atoms with Crippen molar-refractivity contribution in [3.8, 4) is 0 Å². The smallest absolute Gasteiger partial charge is 0.0208 e. The zero-order valence-corrected chi connectivity index (χ0v) is 12.6. The minimum absolute atomic E-state index is 0.260. The Morgan fingerprint density at radius 3 is 1.95 bits per heavy atom. The largest absolute Gasteiger partial charge is 0.309 e. The average Bonchev–Trinajstić information content (AvgIpc) is 3.23. The van der Waals surface area contributed by atoms with Gasteiger partial charge in [0.2, 0.25) is 0 Å². The van der Waals surface area contributed by atoms with Crippen LogP contribution in [0.2, 0.25) is 0 Å². The monoisotopic (exact) mass is 257 g/mol. The third kappa shape index (κ3) is 3.39. The third-order valence-corrected chi connectivity index (χ3v) is 4.62. The van der Waals surface area contributed by atoms with Gasteiger partial charge >= 0.3 is 0 Å². The van der Waals surface area contributed by atoms with Gasteiger partial charge < -0.3 is 5.32 Å². The van der Waals surface area contributed by atoms with E-state index in [9.17, 15) is 0 Å². The fraction of sp³-hybridized carbons (Fsp3) is 0.667. The first-order valence-corrected chi connectivity index (χ1v) is 7.87. The summed E-state index contributed by atoms with van der Waals surface area (Å²) in [7, 11) is 0. The van der Waals surface area contributed by atoms with Gasteiger partial charge in [0, 0.05) is 12.6 Å². The van der Waals surface area contributed by atoms with Crippen LogP contribution in [0.4, 0.5) is 0 Å². The molecule has 0 saturated heterocycles. The molecule has 19 heavy (non-hydrogen) atoms. The van der Waals surface area contributed by atoms with E-state index in [1.54, 1.807) is 0 Å². The van der Waals surface area contributed by atoms with Gasteiger partial charge in [0.05, 0.1) is 0 Å². The number of rotatable bonds is 5. The molecule has 0 atom stereocenters. The number of hydrogen-bond acceptors (Lipinski definition) is 1. The van der Waals surface area contributed by atoms with E-state index >= 15 is 0 Å². The Hall–Kier alpha value is -0.820. The molecule has 1 N–H and O–H groups in total. The molecule has 0 aromatic heterocycles. The van der Waals surface area contributed by atoms with Crippen molar-refractivity contribution >= 4 is 0 Å². The van der Waals surface area contributed by atoms with Gasteiger partial charge in [-0.25, -0.2) is 0 Å². The van der Waals surface area contributed by atoms with Crippen molar-refractivity contribution in [2.45, 2.75) is 64.5 Å². The van der Waals surface area contributed by atoms with E-state index in [0.29, 0.717) is 0 Å². The summed E-state index contributed by atoms with van der Waals surface area (Å²) in [6, 6.07) is 9.98. The molecule has 1 aromatic rings. The molecule has 0 heterocycles. The lowest BCUT2D eigenvalue weighted by molar-refractivity contribution is 0.416. The Bertz CT molecular complexity index is 406. The van der Waals surface area contributed by atoms with Crippen LogP contribution in [0.5, 0.6) is 0 Å². The summed E-state index contributed by atoms with van der Waals surface area (Å²) in [6.07, 6.45) is 5.82. The Morgan fingerprint density at radius 1 is 1.00 bits per heavy atom. The molecule has 1 aromatic carbocycles. The van der Waals surface area contributed by atoms with Crippen molar-refractivity contribution in [3.05, 3.63) is 35.4 Å². The Balaban J connectivity index is 1.57. The Morgan fingerprint density at radius 2 is 1.53 bits per heavy atom. The van der Waals surface area contributed by atoms with E-state index in [1.165, 1.54) is 36.8 Å². The van der Waals surface area contributed by atoms with Crippen LogP contribution in [0.15, 0.2) is 24.3 Å². The molecule has 0 aliphatic heterocycles. The second kappa shape index (κ2) is 4.94. The quantitative estimate of drug-likeness (QED) is 0.831. The molecule has 2 aliphatic carbocycles. The van der Waals surface area contributed by atoms with E-state index in [4.69, 9.17) is 0 Å². The van der Waals surface area contributed by atoms with Crippen LogP contribution in [0.1, 0.15) is 57.6 Å². The molecule has 2 saturated carbocycles. The first-order valence-electron chi connectivity index (χ1n) is 7.87. The molecule has 0 radical (unpaired) electrons. The summed E-state index contributed by atoms with van der Waals surface area (Å²) in [6.45, 7) is 7.87. The molecular weight excluding hydrogens is 230 g/mol. The zero-order valence-electron chi connectivity index (χ0n) is 12.6. The minimum Gasteiger partial charge on any atom is -0.309 e. The summed E-state index contributed by atoms with van der Waals surface area (Å²) in [4.78, 5) is 0. The summed E-state index contributed by atoms with van der Waals surface area (Å²) in [5.41, 5.74) is 3.12. The fourth-order valence-electron chi connectivity index (χ4n) is 2.99. The van der Waals surface area contributed by atoms with Crippen LogP contribution < -0.4 is 5.32 Å². The second-order valence-electron chi connectivity index (χ2n) is 7.53. The van der Waals surface area contributed by atoms with Crippen molar-refractivity contribution in [2.24, 2.45) is 11.8 Å². The van der Waals surface area contributed by atoms with Crippen molar-refractivity contribution < 1.29 is 0 Å². The average molecular weight is 257 g/mol. The lowest BCUT2D eigenvalue weighted by atomic mass is 9.87. The minimum atomic E-state index is 0.260. The molecule has 2 aliphatic rings. The first-order chi connectivity index (χ1) is 9.04. The van der Waals surface area contributed by atoms with Crippen LogP contribution >= 0.6 is 0 Å². The maximum Gasteiger partial charge on any atom is 0.0208 e. The number of nitrogens with one attached hydrogen (secondary N) is 1. The van der Waals surface area contributed by atoms with E-state index in [0.717, 1.165) is 24.4 Å². The highest BCUT2D eigenvalue weighted by atomic mass is 14.9. The van der Waals surface area contributed by atoms with E-state index in [2.05, 4.69) is 50.4 Å². The van der Waals surface area contributed by atoms with Crippen molar-refractivity contribution in [3.63, 3.8) is 0 Å². The van der Waals surface area contributed by atoms with Gasteiger partial charge in [-0.2, -0.15) is 0 Å².